The van der Waals surface area contributed by atoms with Gasteiger partial charge in [-0.3, -0.25) is 14.8 Å². The standard InChI is InChI=1S/C21H29N3O2.3C2HF3O2/c1-2-19-3-4-20(26-19)15-23-10-7-18-14-24(11-12-25-21(18)16-23)13-17-5-8-22-9-6-17;3*3-2(4,5)1(6)7/h3-6,8-9,18,21H,2,7,10-16H2,1H3;3*(H,6,7)/t18-,21-;;;/m1.../s1. The van der Waals surface area contributed by atoms with Crippen molar-refractivity contribution < 1.29 is 78.4 Å². The number of pyridine rings is 1. The molecule has 2 fully saturated rings. The molecule has 266 valence electrons. The van der Waals surface area contributed by atoms with Crippen LogP contribution in [0.1, 0.15) is 30.4 Å². The van der Waals surface area contributed by atoms with Crippen LogP contribution in [0.4, 0.5) is 39.5 Å². The summed E-state index contributed by atoms with van der Waals surface area (Å²) in [6.07, 6.45) is -9.00. The Morgan fingerprint density at radius 3 is 1.68 bits per heavy atom. The minimum Gasteiger partial charge on any atom is -0.475 e. The van der Waals surface area contributed by atoms with Gasteiger partial charge in [-0.05, 0) is 42.8 Å². The van der Waals surface area contributed by atoms with Gasteiger partial charge < -0.3 is 24.5 Å². The van der Waals surface area contributed by atoms with E-state index in [0.717, 1.165) is 63.8 Å². The average Bonchev–Trinajstić information content (AvgIpc) is 3.32. The molecule has 0 saturated carbocycles. The third kappa shape index (κ3) is 16.5. The molecule has 0 bridgehead atoms. The first-order valence-electron chi connectivity index (χ1n) is 13.6. The Labute approximate surface area is 261 Å². The van der Waals surface area contributed by atoms with Gasteiger partial charge in [0.1, 0.15) is 11.5 Å². The van der Waals surface area contributed by atoms with Crippen molar-refractivity contribution in [1.29, 1.82) is 0 Å². The number of alkyl halides is 9. The van der Waals surface area contributed by atoms with E-state index in [2.05, 4.69) is 46.0 Å². The molecule has 2 aromatic rings. The van der Waals surface area contributed by atoms with Gasteiger partial charge in [-0.25, -0.2) is 14.4 Å². The molecule has 0 unspecified atom stereocenters. The second kappa shape index (κ2) is 18.4. The number of piperidine rings is 1. The molecule has 2 aromatic heterocycles. The lowest BCUT2D eigenvalue weighted by Gasteiger charge is -2.37. The van der Waals surface area contributed by atoms with E-state index >= 15 is 0 Å². The monoisotopic (exact) mass is 697 g/mol. The summed E-state index contributed by atoms with van der Waals surface area (Å²) in [7, 11) is 0. The third-order valence-corrected chi connectivity index (χ3v) is 6.34. The van der Waals surface area contributed by atoms with E-state index in [1.807, 2.05) is 12.4 Å². The van der Waals surface area contributed by atoms with Crippen molar-refractivity contribution in [2.75, 3.05) is 32.8 Å². The highest BCUT2D eigenvalue weighted by Crippen LogP contribution is 2.26. The molecule has 4 heterocycles. The first kappa shape index (κ1) is 41.1. The van der Waals surface area contributed by atoms with Crippen molar-refractivity contribution in [1.82, 2.24) is 14.8 Å². The largest absolute Gasteiger partial charge is 0.490 e. The number of aliphatic carboxylic acids is 3. The summed E-state index contributed by atoms with van der Waals surface area (Å²) in [6, 6.07) is 8.44. The van der Waals surface area contributed by atoms with E-state index < -0.39 is 36.4 Å². The molecule has 0 radical (unpaired) electrons. The van der Waals surface area contributed by atoms with E-state index in [1.54, 1.807) is 0 Å². The van der Waals surface area contributed by atoms with Crippen molar-refractivity contribution >= 4 is 17.9 Å². The van der Waals surface area contributed by atoms with Crippen LogP contribution in [0, 0.1) is 5.92 Å². The number of nitrogens with zero attached hydrogens (tertiary/aromatic N) is 3. The Bertz CT molecular complexity index is 1200. The first-order valence-corrected chi connectivity index (χ1v) is 13.6. The number of aromatic nitrogens is 1. The van der Waals surface area contributed by atoms with Crippen LogP contribution in [0.3, 0.4) is 0 Å². The zero-order valence-electron chi connectivity index (χ0n) is 24.6. The number of carbonyl (C=O) groups is 3. The predicted octanol–water partition coefficient (Wildman–Crippen LogP) is 4.86. The fraction of sp³-hybridized carbons (Fsp3) is 0.556. The van der Waals surface area contributed by atoms with Crippen LogP contribution in [0.5, 0.6) is 0 Å². The minimum absolute atomic E-state index is 0.340. The van der Waals surface area contributed by atoms with Crippen molar-refractivity contribution in [3.05, 3.63) is 53.7 Å². The molecule has 47 heavy (non-hydrogen) atoms. The highest BCUT2D eigenvalue weighted by Gasteiger charge is 2.39. The SMILES string of the molecule is CCc1ccc(CN2CC[C@@H]3CN(Cc4ccncc4)CCO[C@@H]3C2)o1.O=C(O)C(F)(F)F.O=C(O)C(F)(F)F.O=C(O)C(F)(F)F. The fourth-order valence-electron chi connectivity index (χ4n) is 4.13. The van der Waals surface area contributed by atoms with Crippen LogP contribution in [0.25, 0.3) is 0 Å². The van der Waals surface area contributed by atoms with Crippen LogP contribution in [0.2, 0.25) is 0 Å². The Kier molecular flexibility index (Phi) is 16.1. The maximum atomic E-state index is 10.6. The Morgan fingerprint density at radius 1 is 0.766 bits per heavy atom. The molecular weight excluding hydrogens is 665 g/mol. The van der Waals surface area contributed by atoms with E-state index in [9.17, 15) is 39.5 Å². The van der Waals surface area contributed by atoms with Crippen LogP contribution in [-0.2, 0) is 38.6 Å². The molecule has 4 rings (SSSR count). The normalized spacial score (nSPS) is 18.9. The van der Waals surface area contributed by atoms with E-state index in [4.69, 9.17) is 38.9 Å². The number of rotatable bonds is 5. The third-order valence-electron chi connectivity index (χ3n) is 6.34. The summed E-state index contributed by atoms with van der Waals surface area (Å²) >= 11 is 0. The summed E-state index contributed by atoms with van der Waals surface area (Å²) in [5.41, 5.74) is 1.33. The van der Waals surface area contributed by atoms with Gasteiger partial charge in [-0.15, -0.1) is 0 Å². The highest BCUT2D eigenvalue weighted by atomic mass is 19.4. The van der Waals surface area contributed by atoms with Gasteiger partial charge in [0.15, 0.2) is 0 Å². The molecule has 0 aliphatic carbocycles. The van der Waals surface area contributed by atoms with E-state index in [0.29, 0.717) is 12.0 Å². The van der Waals surface area contributed by atoms with Crippen LogP contribution in [0.15, 0.2) is 41.1 Å². The van der Waals surface area contributed by atoms with Gasteiger partial charge in [0.2, 0.25) is 0 Å². The summed E-state index contributed by atoms with van der Waals surface area (Å²) in [5, 5.41) is 21.4. The van der Waals surface area contributed by atoms with E-state index in [1.165, 1.54) is 12.0 Å². The minimum atomic E-state index is -5.08. The molecule has 3 N–H and O–H groups in total. The summed E-state index contributed by atoms with van der Waals surface area (Å²) < 4.78 is 107. The lowest BCUT2D eigenvalue weighted by Crippen LogP contribution is -2.46. The number of likely N-dealkylation sites (tertiary alicyclic amines) is 1. The van der Waals surface area contributed by atoms with Crippen LogP contribution < -0.4 is 0 Å². The Morgan fingerprint density at radius 2 is 1.23 bits per heavy atom. The summed E-state index contributed by atoms with van der Waals surface area (Å²) in [5.74, 6) is -5.49. The summed E-state index contributed by atoms with van der Waals surface area (Å²) in [4.78, 5) is 35.8. The molecule has 2 aliphatic rings. The molecule has 2 saturated heterocycles. The molecule has 2 aliphatic heterocycles. The molecule has 11 nitrogen and oxygen atoms in total. The molecule has 0 amide bonds. The van der Waals surface area contributed by atoms with Gasteiger partial charge in [-0.2, -0.15) is 39.5 Å². The number of hydrogen-bond acceptors (Lipinski definition) is 8. The van der Waals surface area contributed by atoms with Gasteiger partial charge in [0, 0.05) is 50.9 Å². The maximum absolute atomic E-state index is 10.6. The highest BCUT2D eigenvalue weighted by molar-refractivity contribution is 5.73. The number of furan rings is 1. The molecular formula is C27H32F9N3O8. The number of halogens is 9. The lowest BCUT2D eigenvalue weighted by atomic mass is 9.93. The number of carboxylic acid groups (broad SMARTS) is 3. The van der Waals surface area contributed by atoms with Gasteiger partial charge >= 0.3 is 36.4 Å². The van der Waals surface area contributed by atoms with Crippen molar-refractivity contribution in [2.45, 2.75) is 57.5 Å². The van der Waals surface area contributed by atoms with Crippen molar-refractivity contribution in [3.8, 4) is 0 Å². The van der Waals surface area contributed by atoms with Gasteiger partial charge in [0.25, 0.3) is 0 Å². The van der Waals surface area contributed by atoms with Gasteiger partial charge in [0.05, 0.1) is 19.3 Å². The lowest BCUT2D eigenvalue weighted by molar-refractivity contribution is -0.193. The fourth-order valence-corrected chi connectivity index (χ4v) is 4.13. The number of aryl methyl sites for hydroxylation is 1. The van der Waals surface area contributed by atoms with Crippen molar-refractivity contribution in [3.63, 3.8) is 0 Å². The molecule has 0 aromatic carbocycles. The number of carboxylic acids is 3. The topological polar surface area (TPSA) is 154 Å². The molecule has 2 atom stereocenters. The van der Waals surface area contributed by atoms with Crippen molar-refractivity contribution in [2.24, 2.45) is 5.92 Å². The molecule has 0 spiro atoms. The second-order valence-electron chi connectivity index (χ2n) is 9.91. The number of fused-ring (bicyclic) bond motifs is 1. The number of ether oxygens (including phenoxy) is 1. The molecule has 20 heteroatoms. The van der Waals surface area contributed by atoms with Gasteiger partial charge in [-0.1, -0.05) is 6.92 Å². The zero-order valence-corrected chi connectivity index (χ0v) is 24.6. The Hall–Kier alpha value is -3.91. The zero-order chi connectivity index (χ0) is 36.0. The predicted molar refractivity (Wildman–Crippen MR) is 142 cm³/mol. The van der Waals surface area contributed by atoms with Crippen LogP contribution in [-0.4, -0.2) is 105 Å². The average molecular weight is 698 g/mol. The maximum Gasteiger partial charge on any atom is 0.490 e. The van der Waals surface area contributed by atoms with E-state index in [-0.39, 0.29) is 0 Å². The number of hydrogen-bond donors (Lipinski definition) is 3. The summed E-state index contributed by atoms with van der Waals surface area (Å²) in [6.45, 7) is 9.10. The quantitative estimate of drug-likeness (QED) is 0.367. The Balaban J connectivity index is 0.000000430. The van der Waals surface area contributed by atoms with Crippen LogP contribution >= 0.6 is 0 Å². The smallest absolute Gasteiger partial charge is 0.475 e. The first-order chi connectivity index (χ1) is 21.6. The second-order valence-corrected chi connectivity index (χ2v) is 9.91.